The van der Waals surface area contributed by atoms with Crippen LogP contribution in [-0.4, -0.2) is 36.8 Å². The largest absolute Gasteiger partial charge is 0.496 e. The summed E-state index contributed by atoms with van der Waals surface area (Å²) in [6.45, 7) is 1.83. The number of aliphatic hydroxyl groups excluding tert-OH is 1. The molecule has 0 spiro atoms. The molecule has 0 atom stereocenters. The van der Waals surface area contributed by atoms with Crippen LogP contribution in [0.3, 0.4) is 0 Å². The number of hydrogen-bond acceptors (Lipinski definition) is 4. The predicted molar refractivity (Wildman–Crippen MR) is 72.5 cm³/mol. The molecule has 0 aliphatic heterocycles. The van der Waals surface area contributed by atoms with E-state index in [0.29, 0.717) is 5.92 Å². The molecule has 1 saturated carbocycles. The monoisotopic (exact) mass is 250 g/mol. The van der Waals surface area contributed by atoms with Crippen molar-refractivity contribution < 1.29 is 9.84 Å². The topological polar surface area (TPSA) is 58.7 Å². The van der Waals surface area contributed by atoms with Gasteiger partial charge in [0, 0.05) is 24.3 Å². The van der Waals surface area contributed by atoms with E-state index in [1.165, 1.54) is 0 Å². The number of nitrogens with two attached hydrogens (primary N) is 1. The Bertz CT molecular complexity index is 403. The normalized spacial score (nSPS) is 22.9. The van der Waals surface area contributed by atoms with Gasteiger partial charge >= 0.3 is 0 Å². The van der Waals surface area contributed by atoms with Gasteiger partial charge in [0.05, 0.1) is 13.2 Å². The molecule has 3 N–H and O–H groups in total. The Kier molecular flexibility index (Phi) is 4.09. The summed E-state index contributed by atoms with van der Waals surface area (Å²) >= 11 is 0. The first-order chi connectivity index (χ1) is 8.58. The lowest BCUT2D eigenvalue weighted by molar-refractivity contribution is 0.0273. The number of anilines is 1. The van der Waals surface area contributed by atoms with Crippen molar-refractivity contribution in [2.24, 2.45) is 5.92 Å². The van der Waals surface area contributed by atoms with Crippen molar-refractivity contribution in [2.75, 3.05) is 26.4 Å². The van der Waals surface area contributed by atoms with E-state index in [2.05, 4.69) is 11.9 Å². The van der Waals surface area contributed by atoms with Gasteiger partial charge in [-0.25, -0.2) is 0 Å². The van der Waals surface area contributed by atoms with Gasteiger partial charge in [-0.05, 0) is 44.0 Å². The van der Waals surface area contributed by atoms with E-state index in [9.17, 15) is 5.11 Å². The Balaban J connectivity index is 1.93. The Morgan fingerprint density at radius 1 is 1.44 bits per heavy atom. The fraction of sp³-hybridized carbons (Fsp3) is 0.571. The zero-order valence-corrected chi connectivity index (χ0v) is 11.1. The van der Waals surface area contributed by atoms with Crippen molar-refractivity contribution in [3.8, 4) is 5.75 Å². The first kappa shape index (κ1) is 13.2. The summed E-state index contributed by atoms with van der Waals surface area (Å²) in [5.74, 6) is 1.50. The minimum atomic E-state index is -0.0784. The average Bonchev–Trinajstić information content (AvgIpc) is 2.27. The van der Waals surface area contributed by atoms with Gasteiger partial charge in [0.2, 0.25) is 0 Å². The number of hydrogen-bond donors (Lipinski definition) is 2. The first-order valence-electron chi connectivity index (χ1n) is 6.37. The van der Waals surface area contributed by atoms with Crippen LogP contribution in [0.15, 0.2) is 18.2 Å². The van der Waals surface area contributed by atoms with Crippen molar-refractivity contribution in [3.63, 3.8) is 0 Å². The molecule has 1 aromatic rings. The lowest BCUT2D eigenvalue weighted by Gasteiger charge is -2.34. The highest BCUT2D eigenvalue weighted by atomic mass is 16.5. The summed E-state index contributed by atoms with van der Waals surface area (Å²) in [6.07, 6.45) is 1.78. The molecule has 1 aromatic carbocycles. The highest BCUT2D eigenvalue weighted by molar-refractivity contribution is 5.47. The van der Waals surface area contributed by atoms with Crippen LogP contribution >= 0.6 is 0 Å². The van der Waals surface area contributed by atoms with Crippen LogP contribution in [0.4, 0.5) is 5.69 Å². The van der Waals surface area contributed by atoms with Gasteiger partial charge in [-0.15, -0.1) is 0 Å². The van der Waals surface area contributed by atoms with Gasteiger partial charge in [-0.3, -0.25) is 0 Å². The second kappa shape index (κ2) is 5.59. The molecule has 0 bridgehead atoms. The van der Waals surface area contributed by atoms with Crippen LogP contribution in [0.1, 0.15) is 18.4 Å². The maximum atomic E-state index is 9.28. The molecular formula is C14H22N2O2. The van der Waals surface area contributed by atoms with Crippen molar-refractivity contribution in [1.82, 2.24) is 4.90 Å². The van der Waals surface area contributed by atoms with E-state index >= 15 is 0 Å². The molecule has 1 aliphatic carbocycles. The van der Waals surface area contributed by atoms with Crippen molar-refractivity contribution in [1.29, 1.82) is 0 Å². The Hall–Kier alpha value is -1.26. The number of nitrogen functional groups attached to an aromatic ring is 1. The lowest BCUT2D eigenvalue weighted by Crippen LogP contribution is -2.36. The first-order valence-corrected chi connectivity index (χ1v) is 6.37. The van der Waals surface area contributed by atoms with Crippen molar-refractivity contribution in [3.05, 3.63) is 23.8 Å². The van der Waals surface area contributed by atoms with Crippen LogP contribution < -0.4 is 10.5 Å². The van der Waals surface area contributed by atoms with Gasteiger partial charge in [-0.2, -0.15) is 0 Å². The van der Waals surface area contributed by atoms with Gasteiger partial charge in [0.15, 0.2) is 0 Å². The number of rotatable bonds is 5. The fourth-order valence-electron chi connectivity index (χ4n) is 2.57. The molecule has 0 amide bonds. The summed E-state index contributed by atoms with van der Waals surface area (Å²) in [6, 6.07) is 5.72. The van der Waals surface area contributed by atoms with Crippen LogP contribution in [-0.2, 0) is 6.54 Å². The van der Waals surface area contributed by atoms with E-state index in [1.54, 1.807) is 7.11 Å². The molecule has 100 valence electrons. The number of ether oxygens (including phenoxy) is 1. The zero-order chi connectivity index (χ0) is 13.1. The zero-order valence-electron chi connectivity index (χ0n) is 11.1. The van der Waals surface area contributed by atoms with E-state index in [1.807, 2.05) is 18.2 Å². The smallest absolute Gasteiger partial charge is 0.123 e. The molecule has 18 heavy (non-hydrogen) atoms. The molecule has 1 aliphatic rings. The second-order valence-corrected chi connectivity index (χ2v) is 5.26. The minimum Gasteiger partial charge on any atom is -0.496 e. The number of benzene rings is 1. The van der Waals surface area contributed by atoms with Crippen LogP contribution in [0, 0.1) is 5.92 Å². The number of methoxy groups -OCH3 is 1. The quantitative estimate of drug-likeness (QED) is 0.777. The molecule has 4 nitrogen and oxygen atoms in total. The summed E-state index contributed by atoms with van der Waals surface area (Å²) in [5.41, 5.74) is 7.68. The summed E-state index contributed by atoms with van der Waals surface area (Å²) in [5, 5.41) is 9.28. The standard InChI is InChI=1S/C14H22N2O2/c1-16(8-10-5-13(17)6-10)9-11-7-12(15)3-4-14(11)18-2/h3-4,7,10,13,17H,5-6,8-9,15H2,1-2H3. The molecule has 0 heterocycles. The lowest BCUT2D eigenvalue weighted by atomic mass is 9.82. The van der Waals surface area contributed by atoms with E-state index in [0.717, 1.165) is 42.9 Å². The van der Waals surface area contributed by atoms with Crippen LogP contribution in [0.25, 0.3) is 0 Å². The SMILES string of the molecule is COc1ccc(N)cc1CN(C)CC1CC(O)C1. The molecule has 0 aromatic heterocycles. The molecular weight excluding hydrogens is 228 g/mol. The second-order valence-electron chi connectivity index (χ2n) is 5.26. The van der Waals surface area contributed by atoms with E-state index in [-0.39, 0.29) is 6.10 Å². The molecule has 0 saturated heterocycles. The molecule has 2 rings (SSSR count). The maximum Gasteiger partial charge on any atom is 0.123 e. The fourth-order valence-corrected chi connectivity index (χ4v) is 2.57. The van der Waals surface area contributed by atoms with Crippen molar-refractivity contribution in [2.45, 2.75) is 25.5 Å². The Labute approximate surface area is 108 Å². The third-order valence-corrected chi connectivity index (χ3v) is 3.53. The third-order valence-electron chi connectivity index (χ3n) is 3.53. The minimum absolute atomic E-state index is 0.0784. The average molecular weight is 250 g/mol. The Morgan fingerprint density at radius 2 is 2.17 bits per heavy atom. The summed E-state index contributed by atoms with van der Waals surface area (Å²) < 4.78 is 5.34. The summed E-state index contributed by atoms with van der Waals surface area (Å²) in [4.78, 5) is 2.26. The Morgan fingerprint density at radius 3 is 2.78 bits per heavy atom. The highest BCUT2D eigenvalue weighted by Crippen LogP contribution is 2.29. The van der Waals surface area contributed by atoms with Gasteiger partial charge in [-0.1, -0.05) is 0 Å². The van der Waals surface area contributed by atoms with E-state index in [4.69, 9.17) is 10.5 Å². The molecule has 0 radical (unpaired) electrons. The van der Waals surface area contributed by atoms with Gasteiger partial charge in [0.1, 0.15) is 5.75 Å². The highest BCUT2D eigenvalue weighted by Gasteiger charge is 2.27. The van der Waals surface area contributed by atoms with Crippen LogP contribution in [0.2, 0.25) is 0 Å². The number of nitrogens with zero attached hydrogens (tertiary/aromatic N) is 1. The third kappa shape index (κ3) is 3.15. The maximum absolute atomic E-state index is 9.28. The number of aliphatic hydroxyl groups is 1. The predicted octanol–water partition coefficient (Wildman–Crippen LogP) is 1.48. The van der Waals surface area contributed by atoms with Crippen LogP contribution in [0.5, 0.6) is 5.75 Å². The molecule has 4 heteroatoms. The van der Waals surface area contributed by atoms with Gasteiger partial charge in [0.25, 0.3) is 0 Å². The van der Waals surface area contributed by atoms with Crippen molar-refractivity contribution >= 4 is 5.69 Å². The molecule has 0 unspecified atom stereocenters. The van der Waals surface area contributed by atoms with E-state index < -0.39 is 0 Å². The summed E-state index contributed by atoms with van der Waals surface area (Å²) in [7, 11) is 3.77. The molecule has 1 fully saturated rings. The van der Waals surface area contributed by atoms with Gasteiger partial charge < -0.3 is 20.5 Å².